The number of benzene rings is 3. The molecule has 171 valence electrons. The predicted molar refractivity (Wildman–Crippen MR) is 136 cm³/mol. The highest BCUT2D eigenvalue weighted by Gasteiger charge is 2.21. The van der Waals surface area contributed by atoms with Gasteiger partial charge in [-0.25, -0.2) is 0 Å². The SMILES string of the molecule is CC(C)N(C(=O)c1ccc(COc2ccc(C3[CH]CCCC3)cc2)cc1)c1cccc(Cl)c1. The zero-order valence-corrected chi connectivity index (χ0v) is 20.1. The highest BCUT2D eigenvalue weighted by Crippen LogP contribution is 2.32. The summed E-state index contributed by atoms with van der Waals surface area (Å²) >= 11 is 6.14. The van der Waals surface area contributed by atoms with Crippen LogP contribution in [0.2, 0.25) is 5.02 Å². The third-order valence-corrected chi connectivity index (χ3v) is 6.39. The largest absolute Gasteiger partial charge is 0.489 e. The van der Waals surface area contributed by atoms with Crippen molar-refractivity contribution in [3.63, 3.8) is 0 Å². The maximum absolute atomic E-state index is 13.2. The van der Waals surface area contributed by atoms with Crippen LogP contribution in [0, 0.1) is 6.42 Å². The number of hydrogen-bond acceptors (Lipinski definition) is 2. The van der Waals surface area contributed by atoms with E-state index in [2.05, 4.69) is 30.7 Å². The van der Waals surface area contributed by atoms with E-state index in [9.17, 15) is 4.79 Å². The second kappa shape index (κ2) is 10.9. The van der Waals surface area contributed by atoms with Crippen molar-refractivity contribution in [2.75, 3.05) is 4.90 Å². The predicted octanol–water partition coefficient (Wildman–Crippen LogP) is 7.84. The number of carbonyl (C=O) groups excluding carboxylic acids is 1. The standard InChI is InChI=1S/C29H31ClNO2/c1-21(2)31(27-10-6-9-26(30)19-27)29(32)25-13-11-22(12-14-25)20-33-28-17-15-24(16-18-28)23-7-4-3-5-8-23/h6-7,9-19,21,23H,3-5,8,20H2,1-2H3. The summed E-state index contributed by atoms with van der Waals surface area (Å²) < 4.78 is 5.98. The van der Waals surface area contributed by atoms with Gasteiger partial charge in [0.1, 0.15) is 12.4 Å². The van der Waals surface area contributed by atoms with Gasteiger partial charge in [-0.3, -0.25) is 4.79 Å². The van der Waals surface area contributed by atoms with E-state index in [1.54, 1.807) is 4.90 Å². The molecule has 0 aromatic heterocycles. The van der Waals surface area contributed by atoms with Crippen LogP contribution in [0.5, 0.6) is 5.75 Å². The Morgan fingerprint density at radius 3 is 2.42 bits per heavy atom. The normalized spacial score (nSPS) is 14.3. The number of nitrogens with zero attached hydrogens (tertiary/aromatic N) is 1. The summed E-state index contributed by atoms with van der Waals surface area (Å²) in [5.74, 6) is 1.40. The summed E-state index contributed by atoms with van der Waals surface area (Å²) in [6.45, 7) is 4.46. The van der Waals surface area contributed by atoms with Crippen molar-refractivity contribution in [1.82, 2.24) is 0 Å². The highest BCUT2D eigenvalue weighted by atomic mass is 35.5. The Balaban J connectivity index is 1.38. The smallest absolute Gasteiger partial charge is 0.258 e. The molecule has 0 N–H and O–H groups in total. The molecule has 1 atom stereocenters. The summed E-state index contributed by atoms with van der Waals surface area (Å²) in [6.07, 6.45) is 7.53. The Hall–Kier alpha value is -2.78. The van der Waals surface area contributed by atoms with Gasteiger partial charge in [0.05, 0.1) is 0 Å². The van der Waals surface area contributed by atoms with Gasteiger partial charge in [0.15, 0.2) is 0 Å². The Bertz CT molecular complexity index is 1050. The third kappa shape index (κ3) is 5.97. The zero-order chi connectivity index (χ0) is 23.2. The van der Waals surface area contributed by atoms with Gasteiger partial charge in [0, 0.05) is 22.3 Å². The van der Waals surface area contributed by atoms with Crippen LogP contribution in [-0.2, 0) is 6.61 Å². The monoisotopic (exact) mass is 460 g/mol. The van der Waals surface area contributed by atoms with Crippen molar-refractivity contribution in [2.24, 2.45) is 0 Å². The maximum Gasteiger partial charge on any atom is 0.258 e. The molecule has 1 unspecified atom stereocenters. The number of carbonyl (C=O) groups is 1. The van der Waals surface area contributed by atoms with Crippen molar-refractivity contribution < 1.29 is 9.53 Å². The Morgan fingerprint density at radius 2 is 1.79 bits per heavy atom. The molecule has 1 fully saturated rings. The second-order valence-corrected chi connectivity index (χ2v) is 9.37. The molecule has 1 amide bonds. The van der Waals surface area contributed by atoms with Gasteiger partial charge in [0.25, 0.3) is 5.91 Å². The lowest BCUT2D eigenvalue weighted by atomic mass is 9.84. The molecule has 1 aliphatic rings. The fourth-order valence-corrected chi connectivity index (χ4v) is 4.57. The fraction of sp³-hybridized carbons (Fsp3) is 0.310. The molecule has 0 heterocycles. The van der Waals surface area contributed by atoms with E-state index < -0.39 is 0 Å². The van der Waals surface area contributed by atoms with Crippen LogP contribution in [0.25, 0.3) is 0 Å². The van der Waals surface area contributed by atoms with Gasteiger partial charge in [-0.05, 0) is 92.6 Å². The van der Waals surface area contributed by atoms with E-state index in [4.69, 9.17) is 16.3 Å². The minimum absolute atomic E-state index is 0.00755. The van der Waals surface area contributed by atoms with E-state index in [-0.39, 0.29) is 11.9 Å². The molecule has 0 aliphatic heterocycles. The summed E-state index contributed by atoms with van der Waals surface area (Å²) in [7, 11) is 0. The minimum Gasteiger partial charge on any atom is -0.489 e. The van der Waals surface area contributed by atoms with Crippen LogP contribution in [0.4, 0.5) is 5.69 Å². The first-order chi connectivity index (χ1) is 16.0. The van der Waals surface area contributed by atoms with Crippen LogP contribution in [0.1, 0.15) is 66.9 Å². The topological polar surface area (TPSA) is 29.5 Å². The van der Waals surface area contributed by atoms with Crippen molar-refractivity contribution in [1.29, 1.82) is 0 Å². The fourth-order valence-electron chi connectivity index (χ4n) is 4.38. The molecular formula is C29H31ClNO2. The van der Waals surface area contributed by atoms with Crippen LogP contribution >= 0.6 is 11.6 Å². The van der Waals surface area contributed by atoms with E-state index in [0.29, 0.717) is 23.1 Å². The maximum atomic E-state index is 13.2. The molecule has 0 saturated heterocycles. The van der Waals surface area contributed by atoms with Crippen molar-refractivity contribution in [2.45, 2.75) is 58.1 Å². The molecule has 0 bridgehead atoms. The first-order valence-corrected chi connectivity index (χ1v) is 12.1. The average Bonchev–Trinajstić information content (AvgIpc) is 2.84. The lowest BCUT2D eigenvalue weighted by Crippen LogP contribution is -2.37. The van der Waals surface area contributed by atoms with Crippen LogP contribution in [-0.4, -0.2) is 11.9 Å². The molecule has 1 saturated carbocycles. The number of ether oxygens (including phenoxy) is 1. The summed E-state index contributed by atoms with van der Waals surface area (Å²) in [5.41, 5.74) is 3.83. The van der Waals surface area contributed by atoms with E-state index in [1.165, 1.54) is 31.2 Å². The first-order valence-electron chi connectivity index (χ1n) is 11.8. The molecule has 4 heteroatoms. The van der Waals surface area contributed by atoms with Gasteiger partial charge in [-0.15, -0.1) is 0 Å². The van der Waals surface area contributed by atoms with Crippen molar-refractivity contribution in [3.05, 3.63) is 101 Å². The van der Waals surface area contributed by atoms with Crippen LogP contribution in [0.15, 0.2) is 72.8 Å². The lowest BCUT2D eigenvalue weighted by Gasteiger charge is -2.27. The highest BCUT2D eigenvalue weighted by molar-refractivity contribution is 6.31. The zero-order valence-electron chi connectivity index (χ0n) is 19.3. The van der Waals surface area contributed by atoms with E-state index in [1.807, 2.05) is 62.4 Å². The molecule has 1 aliphatic carbocycles. The molecule has 3 aromatic rings. The number of hydrogen-bond donors (Lipinski definition) is 0. The van der Waals surface area contributed by atoms with E-state index in [0.717, 1.165) is 17.0 Å². The Morgan fingerprint density at radius 1 is 1.03 bits per heavy atom. The Kier molecular flexibility index (Phi) is 7.72. The number of amides is 1. The van der Waals surface area contributed by atoms with Gasteiger partial charge < -0.3 is 9.64 Å². The molecule has 0 spiro atoms. The summed E-state index contributed by atoms with van der Waals surface area (Å²) in [4.78, 5) is 15.0. The molecular weight excluding hydrogens is 430 g/mol. The molecule has 3 aromatic carbocycles. The summed E-state index contributed by atoms with van der Waals surface area (Å²) in [5, 5.41) is 0.614. The van der Waals surface area contributed by atoms with E-state index >= 15 is 0 Å². The average molecular weight is 461 g/mol. The molecule has 3 nitrogen and oxygen atoms in total. The van der Waals surface area contributed by atoms with Gasteiger partial charge in [-0.1, -0.05) is 54.8 Å². The van der Waals surface area contributed by atoms with Gasteiger partial charge >= 0.3 is 0 Å². The van der Waals surface area contributed by atoms with Crippen molar-refractivity contribution in [3.8, 4) is 5.75 Å². The van der Waals surface area contributed by atoms with Crippen molar-refractivity contribution >= 4 is 23.2 Å². The van der Waals surface area contributed by atoms with Crippen LogP contribution < -0.4 is 9.64 Å². The number of halogens is 1. The first kappa shape index (κ1) is 23.4. The Labute approximate surface area is 202 Å². The van der Waals surface area contributed by atoms with Gasteiger partial charge in [-0.2, -0.15) is 0 Å². The minimum atomic E-state index is -0.0464. The van der Waals surface area contributed by atoms with Crippen LogP contribution in [0.3, 0.4) is 0 Å². The quantitative estimate of drug-likeness (QED) is 0.359. The lowest BCUT2D eigenvalue weighted by molar-refractivity contribution is 0.0980. The molecule has 33 heavy (non-hydrogen) atoms. The molecule has 4 rings (SSSR count). The number of rotatable bonds is 7. The van der Waals surface area contributed by atoms with Gasteiger partial charge in [0.2, 0.25) is 0 Å². The second-order valence-electron chi connectivity index (χ2n) is 8.93. The molecule has 1 radical (unpaired) electrons. The summed E-state index contributed by atoms with van der Waals surface area (Å²) in [6, 6.07) is 23.5. The third-order valence-electron chi connectivity index (χ3n) is 6.16. The number of anilines is 1.